The molecule has 0 spiro atoms. The normalized spacial score (nSPS) is 16.4. The summed E-state index contributed by atoms with van der Waals surface area (Å²) in [6, 6.07) is 14.3. The van der Waals surface area contributed by atoms with Gasteiger partial charge in [-0.15, -0.1) is 10.2 Å². The molecule has 0 aliphatic heterocycles. The minimum atomic E-state index is 0.0811. The van der Waals surface area contributed by atoms with Crippen molar-refractivity contribution in [2.75, 3.05) is 0 Å². The van der Waals surface area contributed by atoms with Crippen LogP contribution in [0.1, 0.15) is 48.8 Å². The summed E-state index contributed by atoms with van der Waals surface area (Å²) in [7, 11) is 0. The van der Waals surface area contributed by atoms with E-state index >= 15 is 0 Å². The number of carbonyl (C=O) groups is 1. The van der Waals surface area contributed by atoms with Gasteiger partial charge >= 0.3 is 0 Å². The Balaban J connectivity index is 1.23. The second-order valence-electron chi connectivity index (χ2n) is 7.47. The van der Waals surface area contributed by atoms with Crippen LogP contribution in [0.4, 0.5) is 0 Å². The Kier molecular flexibility index (Phi) is 4.31. The molecule has 0 bridgehead atoms. The average Bonchev–Trinajstić information content (AvgIpc) is 3.30. The third-order valence-electron chi connectivity index (χ3n) is 5.64. The summed E-state index contributed by atoms with van der Waals surface area (Å²) in [4.78, 5) is 16.1. The fraction of sp³-hybridized carbons (Fsp3) is 0.318. The minimum absolute atomic E-state index is 0.0811. The van der Waals surface area contributed by atoms with Crippen molar-refractivity contribution in [1.29, 1.82) is 0 Å². The number of aromatic amines is 1. The molecule has 1 aliphatic rings. The second kappa shape index (κ2) is 7.11. The number of pyridine rings is 1. The molecule has 3 aromatic heterocycles. The van der Waals surface area contributed by atoms with Crippen LogP contribution in [-0.2, 0) is 17.6 Å². The van der Waals surface area contributed by atoms with E-state index in [4.69, 9.17) is 0 Å². The maximum absolute atomic E-state index is 12.6. The Morgan fingerprint density at radius 1 is 1.18 bits per heavy atom. The maximum atomic E-state index is 12.6. The second-order valence-corrected chi connectivity index (χ2v) is 7.47. The summed E-state index contributed by atoms with van der Waals surface area (Å²) < 4.78 is 1.98. The monoisotopic (exact) mass is 373 g/mol. The van der Waals surface area contributed by atoms with Gasteiger partial charge in [0.15, 0.2) is 5.65 Å². The summed E-state index contributed by atoms with van der Waals surface area (Å²) in [5, 5.41) is 12.9. The largest absolute Gasteiger partial charge is 0.356 e. The molecule has 28 heavy (non-hydrogen) atoms. The summed E-state index contributed by atoms with van der Waals surface area (Å²) in [5.41, 5.74) is 4.55. The van der Waals surface area contributed by atoms with Crippen LogP contribution < -0.4 is 5.32 Å². The van der Waals surface area contributed by atoms with Gasteiger partial charge in [-0.2, -0.15) is 0 Å². The van der Waals surface area contributed by atoms with E-state index in [1.165, 1.54) is 16.6 Å². The predicted molar refractivity (Wildman–Crippen MR) is 108 cm³/mol. The lowest BCUT2D eigenvalue weighted by molar-refractivity contribution is -0.122. The number of nitrogens with one attached hydrogen (secondary N) is 2. The lowest BCUT2D eigenvalue weighted by atomic mass is 9.91. The molecule has 1 aromatic carbocycles. The molecule has 1 atom stereocenters. The van der Waals surface area contributed by atoms with E-state index in [1.54, 1.807) is 0 Å². The highest BCUT2D eigenvalue weighted by molar-refractivity contribution is 5.85. The summed E-state index contributed by atoms with van der Waals surface area (Å²) in [6.07, 6.45) is 7.12. The number of nitrogens with zero attached hydrogens (tertiary/aromatic N) is 3. The Labute approximate surface area is 163 Å². The van der Waals surface area contributed by atoms with Crippen LogP contribution >= 0.6 is 0 Å². The summed E-state index contributed by atoms with van der Waals surface area (Å²) in [6.45, 7) is 0. The van der Waals surface area contributed by atoms with Crippen LogP contribution in [0.3, 0.4) is 0 Å². The number of hydrogen-bond donors (Lipinski definition) is 2. The highest BCUT2D eigenvalue weighted by Crippen LogP contribution is 2.34. The zero-order valence-electron chi connectivity index (χ0n) is 15.7. The van der Waals surface area contributed by atoms with Crippen molar-refractivity contribution in [2.24, 2.45) is 0 Å². The first-order valence-electron chi connectivity index (χ1n) is 9.97. The van der Waals surface area contributed by atoms with Crippen molar-refractivity contribution in [1.82, 2.24) is 24.9 Å². The van der Waals surface area contributed by atoms with Crippen LogP contribution in [0.15, 0.2) is 48.7 Å². The first-order valence-corrected chi connectivity index (χ1v) is 9.97. The van der Waals surface area contributed by atoms with Gasteiger partial charge in [0.05, 0.1) is 6.04 Å². The van der Waals surface area contributed by atoms with Gasteiger partial charge in [-0.25, -0.2) is 0 Å². The van der Waals surface area contributed by atoms with Gasteiger partial charge in [0.25, 0.3) is 0 Å². The van der Waals surface area contributed by atoms with Gasteiger partial charge in [0.1, 0.15) is 5.82 Å². The van der Waals surface area contributed by atoms with Gasteiger partial charge < -0.3 is 10.3 Å². The van der Waals surface area contributed by atoms with E-state index in [0.29, 0.717) is 6.42 Å². The average molecular weight is 373 g/mol. The van der Waals surface area contributed by atoms with Gasteiger partial charge in [-0.3, -0.25) is 9.20 Å². The molecule has 1 amide bonds. The zero-order valence-corrected chi connectivity index (χ0v) is 15.7. The molecule has 4 aromatic rings. The van der Waals surface area contributed by atoms with Gasteiger partial charge in [0.2, 0.25) is 5.91 Å². The number of aromatic nitrogens is 4. The molecule has 0 saturated heterocycles. The van der Waals surface area contributed by atoms with E-state index in [-0.39, 0.29) is 11.9 Å². The van der Waals surface area contributed by atoms with E-state index in [9.17, 15) is 4.79 Å². The molecule has 6 heteroatoms. The van der Waals surface area contributed by atoms with Gasteiger partial charge in [-0.1, -0.05) is 24.3 Å². The fourth-order valence-corrected chi connectivity index (χ4v) is 4.29. The number of H-pyrrole nitrogens is 1. The van der Waals surface area contributed by atoms with Crippen LogP contribution in [0.5, 0.6) is 0 Å². The number of fused-ring (bicyclic) bond motifs is 4. The number of amides is 1. The number of benzene rings is 1. The molecular weight excluding hydrogens is 350 g/mol. The quantitative estimate of drug-likeness (QED) is 0.560. The Morgan fingerprint density at radius 2 is 2.07 bits per heavy atom. The van der Waals surface area contributed by atoms with E-state index in [2.05, 4.69) is 38.7 Å². The predicted octanol–water partition coefficient (Wildman–Crippen LogP) is 3.73. The fourth-order valence-electron chi connectivity index (χ4n) is 4.29. The highest BCUT2D eigenvalue weighted by Gasteiger charge is 2.25. The summed E-state index contributed by atoms with van der Waals surface area (Å²) in [5.74, 6) is 1.00. The van der Waals surface area contributed by atoms with Gasteiger partial charge in [-0.05, 0) is 49.4 Å². The zero-order chi connectivity index (χ0) is 18.9. The third kappa shape index (κ3) is 3.05. The SMILES string of the molecule is O=C(CCCc1nnc2ccccn12)N[C@@H]1CCCc2c1[nH]c1ccccc21. The Morgan fingerprint density at radius 3 is 3.04 bits per heavy atom. The van der Waals surface area contributed by atoms with Crippen molar-refractivity contribution in [3.8, 4) is 0 Å². The van der Waals surface area contributed by atoms with Crippen molar-refractivity contribution in [3.63, 3.8) is 0 Å². The smallest absolute Gasteiger partial charge is 0.220 e. The number of aryl methyl sites for hydroxylation is 2. The summed E-state index contributed by atoms with van der Waals surface area (Å²) >= 11 is 0. The van der Waals surface area contributed by atoms with Crippen LogP contribution in [0.2, 0.25) is 0 Å². The Bertz CT molecular complexity index is 1140. The topological polar surface area (TPSA) is 75.1 Å². The molecule has 0 fully saturated rings. The molecule has 1 aliphatic carbocycles. The van der Waals surface area contributed by atoms with Crippen LogP contribution in [0.25, 0.3) is 16.6 Å². The molecule has 2 N–H and O–H groups in total. The maximum Gasteiger partial charge on any atom is 0.220 e. The minimum Gasteiger partial charge on any atom is -0.356 e. The number of hydrogen-bond acceptors (Lipinski definition) is 3. The molecule has 0 unspecified atom stereocenters. The molecule has 6 nitrogen and oxygen atoms in total. The van der Waals surface area contributed by atoms with Crippen molar-refractivity contribution >= 4 is 22.5 Å². The standard InChI is InChI=1S/C22H23N5O/c28-21(13-6-12-20-26-25-19-11-3-4-14-27(19)20)23-18-10-5-8-16-15-7-1-2-9-17(15)24-22(16)18/h1-4,7,9,11,14,18,24H,5-6,8,10,12-13H2,(H,23,28)/t18-/m1/s1. The van der Waals surface area contributed by atoms with Crippen molar-refractivity contribution in [3.05, 3.63) is 65.7 Å². The number of rotatable bonds is 5. The van der Waals surface area contributed by atoms with E-state index < -0.39 is 0 Å². The van der Waals surface area contributed by atoms with E-state index in [0.717, 1.165) is 49.1 Å². The van der Waals surface area contributed by atoms with Crippen LogP contribution in [0, 0.1) is 0 Å². The van der Waals surface area contributed by atoms with Crippen LogP contribution in [-0.4, -0.2) is 25.5 Å². The van der Waals surface area contributed by atoms with Crippen molar-refractivity contribution in [2.45, 2.75) is 44.6 Å². The first-order chi connectivity index (χ1) is 13.8. The first kappa shape index (κ1) is 17.0. The molecular formula is C22H23N5O. The number of carbonyl (C=O) groups excluding carboxylic acids is 1. The van der Waals surface area contributed by atoms with Gasteiger partial charge in [0, 0.05) is 35.6 Å². The lowest BCUT2D eigenvalue weighted by Crippen LogP contribution is -2.30. The Hall–Kier alpha value is -3.15. The highest BCUT2D eigenvalue weighted by atomic mass is 16.1. The van der Waals surface area contributed by atoms with E-state index in [1.807, 2.05) is 34.9 Å². The molecule has 142 valence electrons. The molecule has 0 radical (unpaired) electrons. The number of para-hydroxylation sites is 1. The molecule has 5 rings (SSSR count). The lowest BCUT2D eigenvalue weighted by Gasteiger charge is -2.23. The van der Waals surface area contributed by atoms with Crippen molar-refractivity contribution < 1.29 is 4.79 Å². The molecule has 3 heterocycles. The third-order valence-corrected chi connectivity index (χ3v) is 5.64. The molecule has 0 saturated carbocycles.